The molecule has 96 valence electrons. The van der Waals surface area contributed by atoms with Crippen molar-refractivity contribution < 1.29 is 0 Å². The third-order valence-electron chi connectivity index (χ3n) is 2.68. The molecule has 0 aliphatic heterocycles. The maximum absolute atomic E-state index is 12.0. The van der Waals surface area contributed by atoms with Gasteiger partial charge in [-0.25, -0.2) is 4.68 Å². The molecule has 1 aromatic heterocycles. The average molecular weight is 257 g/mol. The fraction of sp³-hybridized carbons (Fsp3) is 0.692. The minimum Gasteiger partial charge on any atom is -0.267 e. The van der Waals surface area contributed by atoms with E-state index in [0.29, 0.717) is 12.1 Å². The second kappa shape index (κ2) is 5.67. The van der Waals surface area contributed by atoms with E-state index in [1.165, 1.54) is 0 Å². The first-order valence-electron chi connectivity index (χ1n) is 6.07. The van der Waals surface area contributed by atoms with Crippen molar-refractivity contribution in [3.8, 4) is 0 Å². The van der Waals surface area contributed by atoms with Crippen molar-refractivity contribution in [3.05, 3.63) is 27.7 Å². The molecule has 1 rings (SSSR count). The molecule has 1 heterocycles. The quantitative estimate of drug-likeness (QED) is 0.776. The maximum atomic E-state index is 12.0. The Kier molecular flexibility index (Phi) is 4.75. The lowest BCUT2D eigenvalue weighted by Gasteiger charge is -2.19. The van der Waals surface area contributed by atoms with Gasteiger partial charge in [0.25, 0.3) is 5.56 Å². The van der Waals surface area contributed by atoms with E-state index in [4.69, 9.17) is 11.6 Å². The summed E-state index contributed by atoms with van der Waals surface area (Å²) in [6.07, 6.45) is 2.01. The predicted octanol–water partition coefficient (Wildman–Crippen LogP) is 3.08. The van der Waals surface area contributed by atoms with Crippen LogP contribution in [-0.2, 0) is 17.8 Å². The molecule has 0 saturated heterocycles. The Labute approximate surface area is 108 Å². The van der Waals surface area contributed by atoms with Crippen LogP contribution in [0.4, 0.5) is 0 Å². The highest BCUT2D eigenvalue weighted by Crippen LogP contribution is 2.19. The summed E-state index contributed by atoms with van der Waals surface area (Å²) in [4.78, 5) is 12.0. The Morgan fingerprint density at radius 3 is 2.53 bits per heavy atom. The van der Waals surface area contributed by atoms with Crippen LogP contribution in [0.25, 0.3) is 0 Å². The third kappa shape index (κ3) is 3.56. The summed E-state index contributed by atoms with van der Waals surface area (Å²) in [6, 6.07) is 1.83. The number of rotatable bonds is 4. The lowest BCUT2D eigenvalue weighted by molar-refractivity contribution is 0.484. The van der Waals surface area contributed by atoms with E-state index in [1.807, 2.05) is 6.07 Å². The summed E-state index contributed by atoms with van der Waals surface area (Å²) in [6.45, 7) is 9.02. The summed E-state index contributed by atoms with van der Waals surface area (Å²) in [5.41, 5.74) is 1.44. The van der Waals surface area contributed by atoms with Gasteiger partial charge < -0.3 is 0 Å². The largest absolute Gasteiger partial charge is 0.271 e. The Morgan fingerprint density at radius 2 is 2.06 bits per heavy atom. The third-order valence-corrected chi connectivity index (χ3v) is 2.97. The van der Waals surface area contributed by atoms with Crippen LogP contribution < -0.4 is 5.56 Å². The van der Waals surface area contributed by atoms with Gasteiger partial charge in [-0.05, 0) is 12.5 Å². The molecule has 0 fully saturated rings. The van der Waals surface area contributed by atoms with Crippen LogP contribution in [0.3, 0.4) is 0 Å². The molecule has 0 spiro atoms. The van der Waals surface area contributed by atoms with Gasteiger partial charge in [0.2, 0.25) is 0 Å². The number of alkyl halides is 1. The molecule has 0 unspecified atom stereocenters. The molecule has 0 radical (unpaired) electrons. The van der Waals surface area contributed by atoms with Crippen molar-refractivity contribution >= 4 is 11.6 Å². The van der Waals surface area contributed by atoms with Crippen molar-refractivity contribution in [2.45, 2.75) is 58.4 Å². The van der Waals surface area contributed by atoms with Crippen molar-refractivity contribution in [1.29, 1.82) is 0 Å². The molecule has 0 aromatic carbocycles. The molecule has 17 heavy (non-hydrogen) atoms. The van der Waals surface area contributed by atoms with E-state index >= 15 is 0 Å². The summed E-state index contributed by atoms with van der Waals surface area (Å²) >= 11 is 5.82. The number of nitrogens with zero attached hydrogens (tertiary/aromatic N) is 2. The first kappa shape index (κ1) is 14.2. The first-order chi connectivity index (χ1) is 7.90. The standard InChI is InChI=1S/C13H21ClN2O/c1-5-6-7-16-12(17)10(9-14)8-11(15-16)13(2,3)4/h8H,5-7,9H2,1-4H3. The van der Waals surface area contributed by atoms with Gasteiger partial charge in [0, 0.05) is 17.5 Å². The van der Waals surface area contributed by atoms with Crippen LogP contribution in [0.5, 0.6) is 0 Å². The van der Waals surface area contributed by atoms with Gasteiger partial charge in [0.05, 0.1) is 11.6 Å². The van der Waals surface area contributed by atoms with Gasteiger partial charge in [0.15, 0.2) is 0 Å². The zero-order valence-corrected chi connectivity index (χ0v) is 11.8. The highest BCUT2D eigenvalue weighted by atomic mass is 35.5. The van der Waals surface area contributed by atoms with Gasteiger partial charge in [-0.3, -0.25) is 4.79 Å². The average Bonchev–Trinajstić information content (AvgIpc) is 2.26. The van der Waals surface area contributed by atoms with E-state index in [-0.39, 0.29) is 16.9 Å². The molecule has 3 nitrogen and oxygen atoms in total. The molecule has 0 amide bonds. The number of aromatic nitrogens is 2. The van der Waals surface area contributed by atoms with Crippen molar-refractivity contribution in [3.63, 3.8) is 0 Å². The molecule has 0 aliphatic rings. The number of hydrogen-bond donors (Lipinski definition) is 0. The molecule has 0 atom stereocenters. The fourth-order valence-corrected chi connectivity index (χ4v) is 1.71. The molecule has 0 aliphatic carbocycles. The van der Waals surface area contributed by atoms with E-state index in [2.05, 4.69) is 32.8 Å². The van der Waals surface area contributed by atoms with E-state index < -0.39 is 0 Å². The van der Waals surface area contributed by atoms with Gasteiger partial charge >= 0.3 is 0 Å². The highest BCUT2D eigenvalue weighted by Gasteiger charge is 2.18. The second-order valence-electron chi connectivity index (χ2n) is 5.32. The van der Waals surface area contributed by atoms with Crippen LogP contribution in [-0.4, -0.2) is 9.78 Å². The van der Waals surface area contributed by atoms with Crippen LogP contribution in [0, 0.1) is 0 Å². The van der Waals surface area contributed by atoms with Crippen LogP contribution >= 0.6 is 11.6 Å². The summed E-state index contributed by atoms with van der Waals surface area (Å²) in [5.74, 6) is 0.247. The minimum absolute atomic E-state index is 0.0542. The molecule has 1 aromatic rings. The molecular weight excluding hydrogens is 236 g/mol. The molecule has 4 heteroatoms. The van der Waals surface area contributed by atoms with E-state index in [9.17, 15) is 4.79 Å². The summed E-state index contributed by atoms with van der Waals surface area (Å²) < 4.78 is 1.56. The predicted molar refractivity (Wildman–Crippen MR) is 71.7 cm³/mol. The Balaban J connectivity index is 3.24. The number of halogens is 1. The van der Waals surface area contributed by atoms with E-state index in [1.54, 1.807) is 4.68 Å². The minimum atomic E-state index is -0.0670. The van der Waals surface area contributed by atoms with Crippen LogP contribution in [0.2, 0.25) is 0 Å². The molecule has 0 bridgehead atoms. The first-order valence-corrected chi connectivity index (χ1v) is 6.61. The zero-order valence-electron chi connectivity index (χ0n) is 11.1. The van der Waals surface area contributed by atoms with E-state index in [0.717, 1.165) is 18.5 Å². The van der Waals surface area contributed by atoms with Crippen LogP contribution in [0.1, 0.15) is 51.8 Å². The molecular formula is C13H21ClN2O. The van der Waals surface area contributed by atoms with Gasteiger partial charge in [-0.2, -0.15) is 5.10 Å². The zero-order chi connectivity index (χ0) is 13.1. The lowest BCUT2D eigenvalue weighted by atomic mass is 9.91. The number of hydrogen-bond acceptors (Lipinski definition) is 2. The highest BCUT2D eigenvalue weighted by molar-refractivity contribution is 6.17. The Hall–Kier alpha value is -0.830. The fourth-order valence-electron chi connectivity index (χ4n) is 1.52. The summed E-state index contributed by atoms with van der Waals surface area (Å²) in [5, 5.41) is 4.44. The topological polar surface area (TPSA) is 34.9 Å². The van der Waals surface area contributed by atoms with Gasteiger partial charge in [-0.1, -0.05) is 34.1 Å². The van der Waals surface area contributed by atoms with Crippen molar-refractivity contribution in [1.82, 2.24) is 9.78 Å². The van der Waals surface area contributed by atoms with Crippen LogP contribution in [0.15, 0.2) is 10.9 Å². The smallest absolute Gasteiger partial charge is 0.267 e. The Morgan fingerprint density at radius 1 is 1.41 bits per heavy atom. The van der Waals surface area contributed by atoms with Gasteiger partial charge in [0.1, 0.15) is 0 Å². The monoisotopic (exact) mass is 256 g/mol. The summed E-state index contributed by atoms with van der Waals surface area (Å²) in [7, 11) is 0. The molecule has 0 N–H and O–H groups in total. The van der Waals surface area contributed by atoms with Crippen molar-refractivity contribution in [2.24, 2.45) is 0 Å². The SMILES string of the molecule is CCCCn1nc(C(C)(C)C)cc(CCl)c1=O. The van der Waals surface area contributed by atoms with Gasteiger partial charge in [-0.15, -0.1) is 11.6 Å². The molecule has 0 saturated carbocycles. The number of aryl methyl sites for hydroxylation is 1. The number of unbranched alkanes of at least 4 members (excludes halogenated alkanes) is 1. The lowest BCUT2D eigenvalue weighted by Crippen LogP contribution is -2.30. The maximum Gasteiger partial charge on any atom is 0.271 e. The normalized spacial score (nSPS) is 11.8. The Bertz CT molecular complexity index is 432. The van der Waals surface area contributed by atoms with Crippen molar-refractivity contribution in [2.75, 3.05) is 0 Å². The second-order valence-corrected chi connectivity index (χ2v) is 5.59.